The molecule has 0 aliphatic rings. The molecule has 1 heterocycles. The maximum Gasteiger partial charge on any atom is 0.230 e. The SMILES string of the molecule is C=C/C=C\C=C(/C)N(C(=C)/C=C\C)C(C)/C=C\C(CC(C)C)c1ccc(N(C)c2nc(C)c(C(C)SC)c(-c3ccccc3)n2)c(-c2ccccc2)c1. The van der Waals surface area contributed by atoms with Gasteiger partial charge < -0.3 is 9.80 Å². The van der Waals surface area contributed by atoms with E-state index >= 15 is 0 Å². The van der Waals surface area contributed by atoms with E-state index < -0.39 is 0 Å². The van der Waals surface area contributed by atoms with Crippen LogP contribution < -0.4 is 4.90 Å². The quantitative estimate of drug-likeness (QED) is 0.0800. The van der Waals surface area contributed by atoms with E-state index in [1.54, 1.807) is 6.08 Å². The molecule has 276 valence electrons. The molecule has 3 atom stereocenters. The van der Waals surface area contributed by atoms with E-state index in [9.17, 15) is 0 Å². The molecule has 0 amide bonds. The second-order valence-electron chi connectivity index (χ2n) is 14.0. The molecule has 53 heavy (non-hydrogen) atoms. The number of nitrogens with zero attached hydrogens (tertiary/aromatic N) is 4. The van der Waals surface area contributed by atoms with Gasteiger partial charge in [0.2, 0.25) is 5.95 Å². The number of hydrogen-bond donors (Lipinski definition) is 0. The summed E-state index contributed by atoms with van der Waals surface area (Å²) in [4.78, 5) is 14.8. The van der Waals surface area contributed by atoms with Gasteiger partial charge in [-0.15, -0.1) is 0 Å². The van der Waals surface area contributed by atoms with Gasteiger partial charge in [-0.25, -0.2) is 9.97 Å². The van der Waals surface area contributed by atoms with Crippen LogP contribution in [0.4, 0.5) is 11.6 Å². The van der Waals surface area contributed by atoms with Gasteiger partial charge in [-0.2, -0.15) is 11.8 Å². The second kappa shape index (κ2) is 19.8. The Balaban J connectivity index is 1.82. The molecule has 0 aliphatic heterocycles. The van der Waals surface area contributed by atoms with Crippen LogP contribution in [0, 0.1) is 12.8 Å². The summed E-state index contributed by atoms with van der Waals surface area (Å²) in [5.74, 6) is 1.41. The Bertz CT molecular complexity index is 1940. The van der Waals surface area contributed by atoms with Crippen LogP contribution in [-0.2, 0) is 0 Å². The average molecular weight is 723 g/mol. The van der Waals surface area contributed by atoms with Gasteiger partial charge in [-0.1, -0.05) is 130 Å². The molecule has 0 fully saturated rings. The van der Waals surface area contributed by atoms with Gasteiger partial charge in [-0.3, -0.25) is 0 Å². The summed E-state index contributed by atoms with van der Waals surface area (Å²) in [7, 11) is 2.09. The molecule has 0 radical (unpaired) electrons. The Morgan fingerprint density at radius 3 is 2.15 bits per heavy atom. The van der Waals surface area contributed by atoms with Gasteiger partial charge >= 0.3 is 0 Å². The summed E-state index contributed by atoms with van der Waals surface area (Å²) in [6, 6.07) is 28.2. The van der Waals surface area contributed by atoms with Gasteiger partial charge in [0.05, 0.1) is 11.4 Å². The Hall–Kier alpha value is -4.87. The van der Waals surface area contributed by atoms with E-state index in [1.807, 2.05) is 36.9 Å². The minimum absolute atomic E-state index is 0.0942. The topological polar surface area (TPSA) is 32.3 Å². The van der Waals surface area contributed by atoms with E-state index in [2.05, 4.69) is 181 Å². The summed E-state index contributed by atoms with van der Waals surface area (Å²) in [5, 5.41) is 0.264. The number of aryl methyl sites for hydroxylation is 1. The zero-order valence-electron chi connectivity index (χ0n) is 33.3. The minimum Gasteiger partial charge on any atom is -0.339 e. The molecule has 0 aliphatic carbocycles. The predicted molar refractivity (Wildman–Crippen MR) is 234 cm³/mol. The number of thioether (sulfide) groups is 1. The van der Waals surface area contributed by atoms with Crippen molar-refractivity contribution >= 4 is 23.4 Å². The first-order valence-corrected chi connectivity index (χ1v) is 19.9. The largest absolute Gasteiger partial charge is 0.339 e. The average Bonchev–Trinajstić information content (AvgIpc) is 3.16. The third-order valence-electron chi connectivity index (χ3n) is 9.51. The van der Waals surface area contributed by atoms with Crippen LogP contribution in [0.3, 0.4) is 0 Å². The maximum absolute atomic E-state index is 5.27. The summed E-state index contributed by atoms with van der Waals surface area (Å²) in [6.07, 6.45) is 19.9. The monoisotopic (exact) mass is 722 g/mol. The van der Waals surface area contributed by atoms with Crippen molar-refractivity contribution in [2.75, 3.05) is 18.2 Å². The zero-order chi connectivity index (χ0) is 38.5. The summed E-state index contributed by atoms with van der Waals surface area (Å²) < 4.78 is 0. The fourth-order valence-corrected chi connectivity index (χ4v) is 7.34. The number of benzene rings is 3. The first-order chi connectivity index (χ1) is 25.5. The van der Waals surface area contributed by atoms with Crippen LogP contribution in [0.15, 0.2) is 152 Å². The van der Waals surface area contributed by atoms with Crippen molar-refractivity contribution in [1.29, 1.82) is 0 Å². The first-order valence-electron chi connectivity index (χ1n) is 18.7. The molecule has 0 saturated heterocycles. The van der Waals surface area contributed by atoms with Crippen LogP contribution in [0.5, 0.6) is 0 Å². The van der Waals surface area contributed by atoms with E-state index in [1.165, 1.54) is 11.1 Å². The van der Waals surface area contributed by atoms with Crippen molar-refractivity contribution in [2.45, 2.75) is 72.1 Å². The molecule has 4 aromatic rings. The molecule has 0 saturated carbocycles. The predicted octanol–water partition coefficient (Wildman–Crippen LogP) is 13.4. The number of rotatable bonds is 17. The Labute approximate surface area is 324 Å². The Morgan fingerprint density at radius 2 is 1.55 bits per heavy atom. The fourth-order valence-electron chi connectivity index (χ4n) is 6.82. The van der Waals surface area contributed by atoms with Crippen LogP contribution >= 0.6 is 11.8 Å². The second-order valence-corrected chi connectivity index (χ2v) is 15.1. The van der Waals surface area contributed by atoms with Crippen molar-refractivity contribution in [3.8, 4) is 22.4 Å². The van der Waals surface area contributed by atoms with E-state index in [-0.39, 0.29) is 17.2 Å². The minimum atomic E-state index is 0.0942. The summed E-state index contributed by atoms with van der Waals surface area (Å²) in [6.45, 7) is 23.5. The third kappa shape index (κ3) is 10.6. The highest BCUT2D eigenvalue weighted by Crippen LogP contribution is 2.40. The molecule has 4 rings (SSSR count). The van der Waals surface area contributed by atoms with Crippen molar-refractivity contribution in [1.82, 2.24) is 14.9 Å². The van der Waals surface area contributed by atoms with Gasteiger partial charge in [0.25, 0.3) is 0 Å². The Morgan fingerprint density at radius 1 is 0.887 bits per heavy atom. The standard InChI is InChI=1S/C48H58N4S/c1-12-14-17-23-36(6)52(35(5)22-13-2)37(7)28-29-42(32-34(3)4)43-30-31-45(44(33-43)40-24-18-15-19-25-40)51(10)48-49-38(8)46(39(9)53-11)47(50-48)41-26-20-16-21-27-41/h12-31,33-34,37,39,42H,1,5,32H2,2-4,6-11H3/b17-14-,22-13-,29-28-,36-23+. The van der Waals surface area contributed by atoms with Crippen LogP contribution in [-0.4, -0.2) is 34.2 Å². The fraction of sp³-hybridized carbons (Fsp3) is 0.292. The molecule has 0 N–H and O–H groups in total. The van der Waals surface area contributed by atoms with Gasteiger partial charge in [0, 0.05) is 58.0 Å². The summed E-state index contributed by atoms with van der Waals surface area (Å²) in [5.41, 5.74) is 11.0. The van der Waals surface area contributed by atoms with Crippen LogP contribution in [0.1, 0.15) is 76.0 Å². The number of allylic oxidation sites excluding steroid dienone is 8. The number of anilines is 2. The number of aromatic nitrogens is 2. The highest BCUT2D eigenvalue weighted by atomic mass is 32.2. The maximum atomic E-state index is 5.27. The van der Waals surface area contributed by atoms with Crippen LogP contribution in [0.2, 0.25) is 0 Å². The van der Waals surface area contributed by atoms with Crippen LogP contribution in [0.25, 0.3) is 22.4 Å². The van der Waals surface area contributed by atoms with Crippen molar-refractivity contribution < 1.29 is 0 Å². The van der Waals surface area contributed by atoms with Crippen molar-refractivity contribution in [2.24, 2.45) is 5.92 Å². The van der Waals surface area contributed by atoms with Gasteiger partial charge in [0.1, 0.15) is 0 Å². The van der Waals surface area contributed by atoms with Gasteiger partial charge in [-0.05, 0) is 88.6 Å². The van der Waals surface area contributed by atoms with E-state index in [4.69, 9.17) is 9.97 Å². The highest BCUT2D eigenvalue weighted by Gasteiger charge is 2.23. The molecule has 3 unspecified atom stereocenters. The molecular weight excluding hydrogens is 665 g/mol. The van der Waals surface area contributed by atoms with Crippen molar-refractivity contribution in [3.63, 3.8) is 0 Å². The van der Waals surface area contributed by atoms with Crippen molar-refractivity contribution in [3.05, 3.63) is 169 Å². The zero-order valence-corrected chi connectivity index (χ0v) is 34.1. The summed E-state index contributed by atoms with van der Waals surface area (Å²) >= 11 is 1.82. The molecule has 3 aromatic carbocycles. The Kier molecular flexibility index (Phi) is 15.3. The molecular formula is C48H58N4S. The van der Waals surface area contributed by atoms with E-state index in [0.29, 0.717) is 11.9 Å². The number of hydrogen-bond acceptors (Lipinski definition) is 5. The molecule has 4 nitrogen and oxygen atoms in total. The first kappa shape index (κ1) is 40.9. The normalized spacial score (nSPS) is 13.9. The smallest absolute Gasteiger partial charge is 0.230 e. The lowest BCUT2D eigenvalue weighted by Crippen LogP contribution is -2.28. The lowest BCUT2D eigenvalue weighted by Gasteiger charge is -2.31. The van der Waals surface area contributed by atoms with Gasteiger partial charge in [0.15, 0.2) is 0 Å². The lowest BCUT2D eigenvalue weighted by atomic mass is 9.87. The molecule has 1 aromatic heterocycles. The lowest BCUT2D eigenvalue weighted by molar-refractivity contribution is 0.394. The molecule has 0 bridgehead atoms. The third-order valence-corrected chi connectivity index (χ3v) is 10.5. The van der Waals surface area contributed by atoms with E-state index in [0.717, 1.165) is 51.6 Å². The molecule has 0 spiro atoms. The molecule has 5 heteroatoms. The highest BCUT2D eigenvalue weighted by molar-refractivity contribution is 7.98.